The van der Waals surface area contributed by atoms with Crippen molar-refractivity contribution >= 4 is 17.1 Å². The highest BCUT2D eigenvalue weighted by Gasteiger charge is 2.23. The van der Waals surface area contributed by atoms with Crippen LogP contribution in [0.5, 0.6) is 5.75 Å². The molecule has 0 saturated heterocycles. The van der Waals surface area contributed by atoms with Crippen LogP contribution in [0.4, 0.5) is 0 Å². The first kappa shape index (κ1) is 13.3. The Hall–Kier alpha value is -1.72. The van der Waals surface area contributed by atoms with Crippen LogP contribution in [0.15, 0.2) is 29.6 Å². The largest absolute Gasteiger partial charge is 0.490 e. The van der Waals surface area contributed by atoms with Gasteiger partial charge in [0, 0.05) is 10.9 Å². The van der Waals surface area contributed by atoms with Crippen LogP contribution in [0.2, 0.25) is 0 Å². The van der Waals surface area contributed by atoms with Gasteiger partial charge >= 0.3 is 0 Å². The van der Waals surface area contributed by atoms with Crippen molar-refractivity contribution < 1.29 is 9.53 Å². The zero-order valence-electron chi connectivity index (χ0n) is 11.2. The minimum absolute atomic E-state index is 0.0777. The van der Waals surface area contributed by atoms with Crippen LogP contribution >= 0.6 is 11.3 Å². The minimum Gasteiger partial charge on any atom is -0.490 e. The first-order valence-corrected chi connectivity index (χ1v) is 7.54. The summed E-state index contributed by atoms with van der Waals surface area (Å²) in [6.45, 7) is 1.86. The van der Waals surface area contributed by atoms with E-state index < -0.39 is 0 Å². The highest BCUT2D eigenvalue weighted by Crippen LogP contribution is 2.27. The van der Waals surface area contributed by atoms with Gasteiger partial charge in [-0.25, -0.2) is 4.98 Å². The van der Waals surface area contributed by atoms with Gasteiger partial charge in [-0.1, -0.05) is 0 Å². The highest BCUT2D eigenvalue weighted by molar-refractivity contribution is 7.09. The van der Waals surface area contributed by atoms with Crippen LogP contribution in [0, 0.1) is 0 Å². The topological polar surface area (TPSA) is 65.2 Å². The van der Waals surface area contributed by atoms with Crippen molar-refractivity contribution in [1.29, 1.82) is 0 Å². The molecule has 1 heterocycles. The molecule has 4 nitrogen and oxygen atoms in total. The summed E-state index contributed by atoms with van der Waals surface area (Å²) in [6, 6.07) is 7.10. The van der Waals surface area contributed by atoms with E-state index in [-0.39, 0.29) is 11.8 Å². The fourth-order valence-corrected chi connectivity index (χ4v) is 2.57. The fraction of sp³-hybridized carbons (Fsp3) is 0.333. The third-order valence-electron chi connectivity index (χ3n) is 3.09. The van der Waals surface area contributed by atoms with Crippen molar-refractivity contribution in [1.82, 2.24) is 4.98 Å². The Labute approximate surface area is 121 Å². The number of nitrogens with two attached hydrogens (primary N) is 1. The van der Waals surface area contributed by atoms with Crippen LogP contribution in [0.25, 0.3) is 0 Å². The molecule has 0 spiro atoms. The Morgan fingerprint density at radius 2 is 2.10 bits per heavy atom. The number of benzene rings is 1. The lowest BCUT2D eigenvalue weighted by Gasteiger charge is -2.04. The summed E-state index contributed by atoms with van der Waals surface area (Å²) in [5.41, 5.74) is 6.83. The Morgan fingerprint density at radius 1 is 1.40 bits per heavy atom. The third-order valence-corrected chi connectivity index (χ3v) is 4.13. The summed E-state index contributed by atoms with van der Waals surface area (Å²) in [6.07, 6.45) is 2.61. The first-order valence-electron chi connectivity index (χ1n) is 6.66. The number of rotatable bonds is 5. The molecule has 1 aromatic carbocycles. The normalized spacial score (nSPS) is 15.9. The lowest BCUT2D eigenvalue weighted by atomic mass is 10.1. The van der Waals surface area contributed by atoms with Crippen molar-refractivity contribution in [3.05, 3.63) is 45.9 Å². The van der Waals surface area contributed by atoms with Gasteiger partial charge in [0.1, 0.15) is 16.5 Å². The molecule has 3 rings (SSSR count). The predicted molar refractivity (Wildman–Crippen MR) is 78.2 cm³/mol. The molecule has 1 aliphatic carbocycles. The fourth-order valence-electron chi connectivity index (χ4n) is 1.81. The van der Waals surface area contributed by atoms with Crippen LogP contribution in [-0.2, 0) is 0 Å². The van der Waals surface area contributed by atoms with Gasteiger partial charge in [-0.05, 0) is 44.0 Å². The molecule has 20 heavy (non-hydrogen) atoms. The van der Waals surface area contributed by atoms with E-state index in [1.54, 1.807) is 17.5 Å². The molecule has 0 bridgehead atoms. The van der Waals surface area contributed by atoms with Gasteiger partial charge in [0.25, 0.3) is 0 Å². The Balaban J connectivity index is 1.74. The Morgan fingerprint density at radius 3 is 2.65 bits per heavy atom. The zero-order chi connectivity index (χ0) is 14.1. The molecule has 2 N–H and O–H groups in total. The summed E-state index contributed by atoms with van der Waals surface area (Å²) >= 11 is 1.42. The second-order valence-electron chi connectivity index (χ2n) is 5.03. The third kappa shape index (κ3) is 2.89. The molecule has 104 valence electrons. The molecule has 1 aliphatic rings. The number of hydrogen-bond donors (Lipinski definition) is 1. The molecule has 0 radical (unpaired) electrons. The SMILES string of the molecule is CC(N)c1nc(C(=O)c2ccc(OC3CC3)cc2)cs1. The zero-order valence-corrected chi connectivity index (χ0v) is 12.0. The lowest BCUT2D eigenvalue weighted by Crippen LogP contribution is -2.06. The lowest BCUT2D eigenvalue weighted by molar-refractivity contribution is 0.103. The molecule has 1 atom stereocenters. The maximum atomic E-state index is 12.3. The number of nitrogens with zero attached hydrogens (tertiary/aromatic N) is 1. The van der Waals surface area contributed by atoms with Crippen molar-refractivity contribution in [3.8, 4) is 5.75 Å². The van der Waals surface area contributed by atoms with E-state index in [2.05, 4.69) is 4.98 Å². The van der Waals surface area contributed by atoms with Gasteiger partial charge < -0.3 is 10.5 Å². The summed E-state index contributed by atoms with van der Waals surface area (Å²) in [4.78, 5) is 16.6. The summed E-state index contributed by atoms with van der Waals surface area (Å²) < 4.78 is 5.66. The summed E-state index contributed by atoms with van der Waals surface area (Å²) in [5, 5.41) is 2.54. The van der Waals surface area contributed by atoms with Crippen LogP contribution in [0.1, 0.15) is 46.9 Å². The predicted octanol–water partition coefficient (Wildman–Crippen LogP) is 2.94. The van der Waals surface area contributed by atoms with Crippen molar-refractivity contribution in [2.45, 2.75) is 31.9 Å². The highest BCUT2D eigenvalue weighted by atomic mass is 32.1. The molecular formula is C15H16N2O2S. The molecule has 0 amide bonds. The van der Waals surface area contributed by atoms with E-state index >= 15 is 0 Å². The van der Waals surface area contributed by atoms with Crippen LogP contribution in [0.3, 0.4) is 0 Å². The molecule has 0 aliphatic heterocycles. The van der Waals surface area contributed by atoms with Crippen molar-refractivity contribution in [3.63, 3.8) is 0 Å². The van der Waals surface area contributed by atoms with E-state index in [0.29, 0.717) is 17.4 Å². The number of aromatic nitrogens is 1. The minimum atomic E-state index is -0.143. The standard InChI is InChI=1S/C15H16N2O2S/c1-9(16)15-17-13(8-20-15)14(18)10-2-4-11(5-3-10)19-12-6-7-12/h2-5,8-9,12H,6-7,16H2,1H3. The van der Waals surface area contributed by atoms with Gasteiger partial charge in [-0.15, -0.1) is 11.3 Å². The number of carbonyl (C=O) groups is 1. The average molecular weight is 288 g/mol. The molecule has 1 aromatic heterocycles. The molecule has 1 fully saturated rings. The van der Waals surface area contributed by atoms with Gasteiger partial charge in [0.15, 0.2) is 0 Å². The Bertz CT molecular complexity index is 615. The number of ketones is 1. The van der Waals surface area contributed by atoms with E-state index in [1.807, 2.05) is 19.1 Å². The molecule has 2 aromatic rings. The molecular weight excluding hydrogens is 272 g/mol. The quantitative estimate of drug-likeness (QED) is 0.859. The van der Waals surface area contributed by atoms with E-state index in [1.165, 1.54) is 11.3 Å². The maximum absolute atomic E-state index is 12.3. The van der Waals surface area contributed by atoms with Crippen molar-refractivity contribution in [2.75, 3.05) is 0 Å². The second kappa shape index (κ2) is 5.34. The molecule has 5 heteroatoms. The van der Waals surface area contributed by atoms with Gasteiger partial charge in [-0.2, -0.15) is 0 Å². The van der Waals surface area contributed by atoms with Crippen molar-refractivity contribution in [2.24, 2.45) is 5.73 Å². The first-order chi connectivity index (χ1) is 9.63. The van der Waals surface area contributed by atoms with E-state index in [0.717, 1.165) is 23.6 Å². The monoisotopic (exact) mass is 288 g/mol. The molecule has 1 unspecified atom stereocenters. The number of thiazole rings is 1. The smallest absolute Gasteiger partial charge is 0.212 e. The van der Waals surface area contributed by atoms with Crippen LogP contribution < -0.4 is 10.5 Å². The average Bonchev–Trinajstić information content (AvgIpc) is 3.11. The molecule has 1 saturated carbocycles. The second-order valence-corrected chi connectivity index (χ2v) is 5.92. The number of hydrogen-bond acceptors (Lipinski definition) is 5. The summed E-state index contributed by atoms with van der Waals surface area (Å²) in [7, 11) is 0. The maximum Gasteiger partial charge on any atom is 0.212 e. The Kier molecular flexibility index (Phi) is 3.54. The number of carbonyl (C=O) groups excluding carboxylic acids is 1. The van der Waals surface area contributed by atoms with E-state index in [4.69, 9.17) is 10.5 Å². The van der Waals surface area contributed by atoms with Gasteiger partial charge in [0.2, 0.25) is 5.78 Å². The van der Waals surface area contributed by atoms with Gasteiger partial charge in [0.05, 0.1) is 12.1 Å². The van der Waals surface area contributed by atoms with E-state index in [9.17, 15) is 4.79 Å². The summed E-state index contributed by atoms with van der Waals surface area (Å²) in [5.74, 6) is 0.740. The van der Waals surface area contributed by atoms with Gasteiger partial charge in [-0.3, -0.25) is 4.79 Å². The van der Waals surface area contributed by atoms with Crippen LogP contribution in [-0.4, -0.2) is 16.9 Å². The number of ether oxygens (including phenoxy) is 1.